The summed E-state index contributed by atoms with van der Waals surface area (Å²) in [6, 6.07) is 17.0. The molecular formula is C28H32N2O5. The molecule has 0 spiro atoms. The van der Waals surface area contributed by atoms with Crippen molar-refractivity contribution < 1.29 is 23.8 Å². The fourth-order valence-electron chi connectivity index (χ4n) is 4.89. The molecule has 1 aliphatic rings. The van der Waals surface area contributed by atoms with Crippen LogP contribution in [-0.2, 0) is 11.3 Å². The molecule has 1 saturated heterocycles. The van der Waals surface area contributed by atoms with Crippen LogP contribution in [0.1, 0.15) is 28.8 Å². The Labute approximate surface area is 206 Å². The second-order valence-corrected chi connectivity index (χ2v) is 8.80. The molecule has 7 heteroatoms. The summed E-state index contributed by atoms with van der Waals surface area (Å²) in [4.78, 5) is 30.4. The van der Waals surface area contributed by atoms with Crippen LogP contribution in [0, 0.1) is 5.92 Å². The normalized spacial score (nSPS) is 15.5. The lowest BCUT2D eigenvalue weighted by atomic mass is 9.95. The fraction of sp³-hybridized carbons (Fsp3) is 0.357. The van der Waals surface area contributed by atoms with Crippen LogP contribution in [0.15, 0.2) is 54.6 Å². The van der Waals surface area contributed by atoms with Gasteiger partial charge in [-0.1, -0.05) is 36.4 Å². The van der Waals surface area contributed by atoms with Crippen molar-refractivity contribution in [3.05, 3.63) is 65.7 Å². The second kappa shape index (κ2) is 10.7. The first-order valence-corrected chi connectivity index (χ1v) is 11.8. The number of likely N-dealkylation sites (tertiary alicyclic amines) is 1. The highest BCUT2D eigenvalue weighted by Crippen LogP contribution is 2.33. The van der Waals surface area contributed by atoms with Gasteiger partial charge in [-0.05, 0) is 36.4 Å². The fourth-order valence-corrected chi connectivity index (χ4v) is 4.89. The topological polar surface area (TPSA) is 68.3 Å². The van der Waals surface area contributed by atoms with E-state index < -0.39 is 0 Å². The molecule has 1 heterocycles. The molecule has 1 aliphatic heterocycles. The summed E-state index contributed by atoms with van der Waals surface area (Å²) in [5.41, 5.74) is 1.50. The molecule has 2 amide bonds. The minimum absolute atomic E-state index is 0.0203. The maximum absolute atomic E-state index is 13.5. The number of carbonyl (C=O) groups excluding carboxylic acids is 2. The lowest BCUT2D eigenvalue weighted by Gasteiger charge is -2.34. The number of benzene rings is 3. The van der Waals surface area contributed by atoms with Gasteiger partial charge in [0.15, 0.2) is 11.5 Å². The van der Waals surface area contributed by atoms with Gasteiger partial charge in [0.05, 0.1) is 27.2 Å². The highest BCUT2D eigenvalue weighted by atomic mass is 16.5. The van der Waals surface area contributed by atoms with Crippen molar-refractivity contribution in [3.63, 3.8) is 0 Å². The van der Waals surface area contributed by atoms with Crippen molar-refractivity contribution >= 4 is 22.6 Å². The molecular weight excluding hydrogens is 444 g/mol. The van der Waals surface area contributed by atoms with Crippen molar-refractivity contribution in [1.29, 1.82) is 0 Å². The van der Waals surface area contributed by atoms with Gasteiger partial charge in [-0.15, -0.1) is 0 Å². The summed E-state index contributed by atoms with van der Waals surface area (Å²) in [5.74, 6) is 1.70. The first-order valence-electron chi connectivity index (χ1n) is 11.8. The highest BCUT2D eigenvalue weighted by molar-refractivity contribution is 6.08. The maximum atomic E-state index is 13.5. The lowest BCUT2D eigenvalue weighted by molar-refractivity contribution is -0.136. The zero-order valence-corrected chi connectivity index (χ0v) is 20.7. The smallest absolute Gasteiger partial charge is 0.254 e. The minimum atomic E-state index is -0.251. The Morgan fingerprint density at radius 3 is 2.37 bits per heavy atom. The van der Waals surface area contributed by atoms with E-state index >= 15 is 0 Å². The summed E-state index contributed by atoms with van der Waals surface area (Å²) in [5, 5.41) is 1.75. The average molecular weight is 477 g/mol. The number of hydrogen-bond donors (Lipinski definition) is 0. The molecule has 1 fully saturated rings. The number of nitrogens with zero attached hydrogens (tertiary/aromatic N) is 2. The number of piperidine rings is 1. The van der Waals surface area contributed by atoms with E-state index in [-0.39, 0.29) is 17.7 Å². The van der Waals surface area contributed by atoms with Crippen LogP contribution < -0.4 is 14.2 Å². The molecule has 3 aromatic rings. The molecule has 1 unspecified atom stereocenters. The summed E-state index contributed by atoms with van der Waals surface area (Å²) in [6.45, 7) is 1.43. The van der Waals surface area contributed by atoms with E-state index in [1.54, 1.807) is 38.2 Å². The van der Waals surface area contributed by atoms with E-state index in [2.05, 4.69) is 0 Å². The Morgan fingerprint density at radius 1 is 0.914 bits per heavy atom. The number of rotatable bonds is 7. The van der Waals surface area contributed by atoms with Gasteiger partial charge in [-0.3, -0.25) is 9.59 Å². The number of ether oxygens (including phenoxy) is 3. The van der Waals surface area contributed by atoms with Crippen LogP contribution in [0.2, 0.25) is 0 Å². The number of methoxy groups -OCH3 is 3. The Hall–Kier alpha value is -3.74. The van der Waals surface area contributed by atoms with E-state index in [0.29, 0.717) is 36.7 Å². The molecule has 4 rings (SSSR count). The molecule has 0 bridgehead atoms. The van der Waals surface area contributed by atoms with Crippen LogP contribution in [0.4, 0.5) is 0 Å². The van der Waals surface area contributed by atoms with Gasteiger partial charge in [-0.2, -0.15) is 0 Å². The molecule has 0 aromatic heterocycles. The monoisotopic (exact) mass is 476 g/mol. The van der Waals surface area contributed by atoms with Crippen LogP contribution in [0.5, 0.6) is 17.2 Å². The number of para-hydroxylation sites is 1. The molecule has 0 N–H and O–H groups in total. The van der Waals surface area contributed by atoms with Gasteiger partial charge >= 0.3 is 0 Å². The number of fused-ring (bicyclic) bond motifs is 1. The van der Waals surface area contributed by atoms with Crippen LogP contribution >= 0.6 is 0 Å². The van der Waals surface area contributed by atoms with Gasteiger partial charge < -0.3 is 24.0 Å². The third-order valence-electron chi connectivity index (χ3n) is 6.66. The Balaban J connectivity index is 1.50. The second-order valence-electron chi connectivity index (χ2n) is 8.80. The van der Waals surface area contributed by atoms with Gasteiger partial charge in [-0.25, -0.2) is 0 Å². The van der Waals surface area contributed by atoms with Crippen molar-refractivity contribution in [2.75, 3.05) is 41.5 Å². The van der Waals surface area contributed by atoms with Crippen molar-refractivity contribution in [1.82, 2.24) is 9.80 Å². The molecule has 7 nitrogen and oxygen atoms in total. The zero-order valence-electron chi connectivity index (χ0n) is 20.7. The first-order chi connectivity index (χ1) is 17.0. The van der Waals surface area contributed by atoms with Gasteiger partial charge in [0, 0.05) is 43.2 Å². The van der Waals surface area contributed by atoms with E-state index in [9.17, 15) is 9.59 Å². The maximum Gasteiger partial charge on any atom is 0.254 e. The van der Waals surface area contributed by atoms with Crippen molar-refractivity contribution in [2.24, 2.45) is 5.92 Å². The molecule has 3 aromatic carbocycles. The summed E-state index contributed by atoms with van der Waals surface area (Å²) in [6.07, 6.45) is 1.54. The standard InChI is InChI=1S/C28H32N2O5/c1-29(17-19-9-7-13-25(34-3)26(19)35-4)27(31)20-10-8-16-30(18-20)28(32)23-14-15-24(33-2)22-12-6-5-11-21(22)23/h5-7,9,11-15,20H,8,10,16-18H2,1-4H3. The minimum Gasteiger partial charge on any atom is -0.496 e. The van der Waals surface area contributed by atoms with Crippen LogP contribution in [-0.4, -0.2) is 63.1 Å². The Bertz CT molecular complexity index is 1230. The molecule has 35 heavy (non-hydrogen) atoms. The average Bonchev–Trinajstić information content (AvgIpc) is 2.91. The molecule has 0 aliphatic carbocycles. The van der Waals surface area contributed by atoms with Crippen LogP contribution in [0.25, 0.3) is 10.8 Å². The van der Waals surface area contributed by atoms with Crippen molar-refractivity contribution in [2.45, 2.75) is 19.4 Å². The summed E-state index contributed by atoms with van der Waals surface area (Å²) in [7, 11) is 6.60. The zero-order chi connectivity index (χ0) is 24.9. The highest BCUT2D eigenvalue weighted by Gasteiger charge is 2.31. The number of hydrogen-bond acceptors (Lipinski definition) is 5. The third-order valence-corrected chi connectivity index (χ3v) is 6.66. The Kier molecular flexibility index (Phi) is 7.44. The Morgan fingerprint density at radius 2 is 1.66 bits per heavy atom. The molecule has 184 valence electrons. The van der Waals surface area contributed by atoms with E-state index in [4.69, 9.17) is 14.2 Å². The summed E-state index contributed by atoms with van der Waals surface area (Å²) < 4.78 is 16.4. The van der Waals surface area contributed by atoms with Crippen LogP contribution in [0.3, 0.4) is 0 Å². The predicted octanol–water partition coefficient (Wildman–Crippen LogP) is 4.38. The van der Waals surface area contributed by atoms with E-state index in [0.717, 1.165) is 34.9 Å². The first kappa shape index (κ1) is 24.4. The number of carbonyl (C=O) groups is 2. The van der Waals surface area contributed by atoms with Crippen molar-refractivity contribution in [3.8, 4) is 17.2 Å². The van der Waals surface area contributed by atoms with Gasteiger partial charge in [0.25, 0.3) is 5.91 Å². The number of amides is 2. The van der Waals surface area contributed by atoms with E-state index in [1.807, 2.05) is 54.6 Å². The largest absolute Gasteiger partial charge is 0.496 e. The summed E-state index contributed by atoms with van der Waals surface area (Å²) >= 11 is 0. The van der Waals surface area contributed by atoms with Gasteiger partial charge in [0.2, 0.25) is 5.91 Å². The van der Waals surface area contributed by atoms with Gasteiger partial charge in [0.1, 0.15) is 5.75 Å². The lowest BCUT2D eigenvalue weighted by Crippen LogP contribution is -2.45. The molecule has 0 radical (unpaired) electrons. The SMILES string of the molecule is COc1cccc(CN(C)C(=O)C2CCCN(C(=O)c3ccc(OC)c4ccccc34)C2)c1OC. The predicted molar refractivity (Wildman–Crippen MR) is 135 cm³/mol. The third kappa shape index (κ3) is 4.90. The molecule has 1 atom stereocenters. The quantitative estimate of drug-likeness (QED) is 0.506. The molecule has 0 saturated carbocycles. The van der Waals surface area contributed by atoms with E-state index in [1.165, 1.54) is 0 Å².